The number of amides is 3. The third kappa shape index (κ3) is 15.5. The first-order valence-corrected chi connectivity index (χ1v) is 17.3. The molecule has 4 N–H and O–H groups in total. The number of aliphatic hydroxyl groups excluding tert-OH is 1. The lowest BCUT2D eigenvalue weighted by molar-refractivity contribution is -0.127. The number of alkyl carbamates (subject to hydrolysis) is 1. The number of ether oxygens (including phenoxy) is 4. The molecule has 4 atom stereocenters. The Labute approximate surface area is 287 Å². The van der Waals surface area contributed by atoms with Gasteiger partial charge in [-0.2, -0.15) is 0 Å². The Morgan fingerprint density at radius 3 is 2.38 bits per heavy atom. The predicted octanol–water partition coefficient (Wildman–Crippen LogP) is 3.25. The zero-order chi connectivity index (χ0) is 35.7. The first kappa shape index (κ1) is 41.2. The molecule has 1 aliphatic heterocycles. The molecule has 274 valence electrons. The smallest absolute Gasteiger partial charge is 0.407 e. The summed E-state index contributed by atoms with van der Waals surface area (Å²) in [5.74, 6) is -0.780. The van der Waals surface area contributed by atoms with E-state index >= 15 is 0 Å². The minimum atomic E-state index is -1.04. The second-order valence-electron chi connectivity index (χ2n) is 14.2. The van der Waals surface area contributed by atoms with Crippen LogP contribution in [0.2, 0.25) is 0 Å². The Balaban J connectivity index is 2.13. The lowest BCUT2D eigenvalue weighted by Crippen LogP contribution is -2.49. The molecule has 3 amide bonds. The van der Waals surface area contributed by atoms with Gasteiger partial charge >= 0.3 is 6.09 Å². The molecule has 2 rings (SSSR count). The Morgan fingerprint density at radius 1 is 1.04 bits per heavy atom. The molecule has 13 nitrogen and oxygen atoms in total. The van der Waals surface area contributed by atoms with E-state index in [0.717, 1.165) is 19.6 Å². The maximum absolute atomic E-state index is 13.3. The van der Waals surface area contributed by atoms with Crippen molar-refractivity contribution in [3.8, 4) is 5.88 Å². The third-order valence-electron chi connectivity index (χ3n) is 8.41. The van der Waals surface area contributed by atoms with Crippen LogP contribution in [-0.2, 0) is 19.0 Å². The van der Waals surface area contributed by atoms with Crippen molar-refractivity contribution < 1.29 is 38.4 Å². The van der Waals surface area contributed by atoms with Gasteiger partial charge < -0.3 is 40.0 Å². The Morgan fingerprint density at radius 2 is 1.75 bits per heavy atom. The number of aliphatic hydroxyl groups is 1. The Kier molecular flexibility index (Phi) is 18.2. The molecule has 0 aliphatic carbocycles. The van der Waals surface area contributed by atoms with Crippen LogP contribution < -0.4 is 20.7 Å². The molecule has 48 heavy (non-hydrogen) atoms. The SMILES string of the molecule is COCCCOc1ncccc1C(=O)NC[C@@H](C[C@H](NC(=O)OC(C)(C)C)[C@@H](O)C[C@H](C(=O)NCCN1CCOCC1)C(C)C)C(C)C. The number of nitrogens with one attached hydrogen (secondary N) is 3. The highest BCUT2D eigenvalue weighted by molar-refractivity contribution is 5.96. The van der Waals surface area contributed by atoms with E-state index in [-0.39, 0.29) is 48.4 Å². The van der Waals surface area contributed by atoms with Crippen LogP contribution in [0.3, 0.4) is 0 Å². The number of carbonyl (C=O) groups is 3. The minimum Gasteiger partial charge on any atom is -0.477 e. The van der Waals surface area contributed by atoms with Crippen molar-refractivity contribution in [2.45, 2.75) is 85.5 Å². The van der Waals surface area contributed by atoms with Crippen molar-refractivity contribution >= 4 is 17.9 Å². The molecule has 2 heterocycles. The van der Waals surface area contributed by atoms with Gasteiger partial charge in [-0.1, -0.05) is 27.7 Å². The van der Waals surface area contributed by atoms with Crippen LogP contribution in [0.5, 0.6) is 5.88 Å². The van der Waals surface area contributed by atoms with Gasteiger partial charge in [-0.15, -0.1) is 0 Å². The van der Waals surface area contributed by atoms with E-state index in [9.17, 15) is 19.5 Å². The molecule has 1 saturated heterocycles. The highest BCUT2D eigenvalue weighted by Crippen LogP contribution is 2.25. The fraction of sp³-hybridized carbons (Fsp3) is 0.771. The summed E-state index contributed by atoms with van der Waals surface area (Å²) >= 11 is 0. The normalized spacial score (nSPS) is 16.6. The second-order valence-corrected chi connectivity index (χ2v) is 14.2. The molecule has 0 spiro atoms. The molecule has 0 unspecified atom stereocenters. The number of hydrogen-bond donors (Lipinski definition) is 4. The van der Waals surface area contributed by atoms with Crippen molar-refractivity contribution in [2.24, 2.45) is 23.7 Å². The number of pyridine rings is 1. The van der Waals surface area contributed by atoms with E-state index < -0.39 is 29.8 Å². The first-order valence-electron chi connectivity index (χ1n) is 17.3. The summed E-state index contributed by atoms with van der Waals surface area (Å²) in [6, 6.07) is 2.61. The summed E-state index contributed by atoms with van der Waals surface area (Å²) in [5.41, 5.74) is -0.417. The van der Waals surface area contributed by atoms with Gasteiger partial charge in [0, 0.05) is 65.0 Å². The zero-order valence-electron chi connectivity index (χ0n) is 30.4. The summed E-state index contributed by atoms with van der Waals surface area (Å²) < 4.78 is 21.7. The molecular weight excluding hydrogens is 618 g/mol. The van der Waals surface area contributed by atoms with Gasteiger partial charge in [-0.05, 0) is 63.5 Å². The fourth-order valence-corrected chi connectivity index (χ4v) is 5.46. The van der Waals surface area contributed by atoms with Crippen molar-refractivity contribution in [3.63, 3.8) is 0 Å². The van der Waals surface area contributed by atoms with Crippen LogP contribution in [0.4, 0.5) is 4.79 Å². The van der Waals surface area contributed by atoms with Gasteiger partial charge in [0.05, 0.1) is 32.0 Å². The van der Waals surface area contributed by atoms with Crippen LogP contribution in [0, 0.1) is 23.7 Å². The second kappa shape index (κ2) is 21.2. The average Bonchev–Trinajstić information content (AvgIpc) is 3.02. The maximum atomic E-state index is 13.3. The number of morpholine rings is 1. The lowest BCUT2D eigenvalue weighted by Gasteiger charge is -2.33. The Hall–Kier alpha value is -3.00. The fourth-order valence-electron chi connectivity index (χ4n) is 5.46. The van der Waals surface area contributed by atoms with Gasteiger partial charge in [0.2, 0.25) is 11.8 Å². The van der Waals surface area contributed by atoms with E-state index in [2.05, 4.69) is 25.8 Å². The number of hydrogen-bond acceptors (Lipinski definition) is 10. The summed E-state index contributed by atoms with van der Waals surface area (Å²) in [6.07, 6.45) is 1.03. The summed E-state index contributed by atoms with van der Waals surface area (Å²) in [7, 11) is 1.62. The van der Waals surface area contributed by atoms with Gasteiger partial charge in [-0.3, -0.25) is 14.5 Å². The van der Waals surface area contributed by atoms with Gasteiger partial charge in [-0.25, -0.2) is 9.78 Å². The van der Waals surface area contributed by atoms with E-state index in [0.29, 0.717) is 51.4 Å². The number of rotatable bonds is 20. The van der Waals surface area contributed by atoms with Crippen LogP contribution in [0.15, 0.2) is 18.3 Å². The highest BCUT2D eigenvalue weighted by atomic mass is 16.6. The first-order chi connectivity index (χ1) is 22.7. The standard InChI is InChI=1S/C35H61N5O8/c1-24(2)26(23-38-31(42)27-11-9-12-37-33(27)47-18-10-17-45-8)21-29(39-34(44)48-35(5,6)7)30(41)22-28(25(3)4)32(43)36-13-14-40-15-19-46-20-16-40/h9,11-12,24-26,28-30,41H,10,13-23H2,1-8H3,(H,36,43)(H,38,42)(H,39,44)/t26-,28+,29+,30+/m1/s1. The molecule has 1 aromatic rings. The van der Waals surface area contributed by atoms with Crippen LogP contribution in [-0.4, -0.2) is 117 Å². The zero-order valence-corrected chi connectivity index (χ0v) is 30.4. The van der Waals surface area contributed by atoms with Crippen LogP contribution in [0.25, 0.3) is 0 Å². The molecular formula is C35H61N5O8. The van der Waals surface area contributed by atoms with Gasteiger partial charge in [0.25, 0.3) is 5.91 Å². The maximum Gasteiger partial charge on any atom is 0.407 e. The molecule has 1 fully saturated rings. The monoisotopic (exact) mass is 679 g/mol. The molecule has 1 aliphatic rings. The Bertz CT molecular complexity index is 1110. The number of aromatic nitrogens is 1. The summed E-state index contributed by atoms with van der Waals surface area (Å²) in [6.45, 7) is 18.7. The molecule has 0 radical (unpaired) electrons. The lowest BCUT2D eigenvalue weighted by atomic mass is 9.82. The van der Waals surface area contributed by atoms with E-state index in [4.69, 9.17) is 18.9 Å². The number of nitrogens with zero attached hydrogens (tertiary/aromatic N) is 2. The minimum absolute atomic E-state index is 0.0456. The van der Waals surface area contributed by atoms with Crippen LogP contribution in [0.1, 0.15) is 78.1 Å². The van der Waals surface area contributed by atoms with E-state index in [1.165, 1.54) is 0 Å². The van der Waals surface area contributed by atoms with Gasteiger partial charge in [0.1, 0.15) is 11.2 Å². The molecule has 0 bridgehead atoms. The molecule has 0 saturated carbocycles. The van der Waals surface area contributed by atoms with Crippen molar-refractivity contribution in [1.29, 1.82) is 0 Å². The number of methoxy groups -OCH3 is 1. The molecule has 1 aromatic heterocycles. The van der Waals surface area contributed by atoms with E-state index in [1.807, 2.05) is 27.7 Å². The molecule has 13 heteroatoms. The quantitative estimate of drug-likeness (QED) is 0.151. The largest absolute Gasteiger partial charge is 0.477 e. The highest BCUT2D eigenvalue weighted by Gasteiger charge is 2.33. The van der Waals surface area contributed by atoms with Gasteiger partial charge in [0.15, 0.2) is 0 Å². The van der Waals surface area contributed by atoms with Crippen molar-refractivity contribution in [3.05, 3.63) is 23.9 Å². The summed E-state index contributed by atoms with van der Waals surface area (Å²) in [5, 5.41) is 20.5. The van der Waals surface area contributed by atoms with Crippen molar-refractivity contribution in [1.82, 2.24) is 25.8 Å². The van der Waals surface area contributed by atoms with E-state index in [1.54, 1.807) is 46.2 Å². The van der Waals surface area contributed by atoms with Crippen LogP contribution >= 0.6 is 0 Å². The topological polar surface area (TPSA) is 161 Å². The van der Waals surface area contributed by atoms with Crippen molar-refractivity contribution in [2.75, 3.05) is 66.3 Å². The molecule has 0 aromatic carbocycles. The average molecular weight is 680 g/mol. The third-order valence-corrected chi connectivity index (χ3v) is 8.41. The number of carbonyl (C=O) groups excluding carboxylic acids is 3. The predicted molar refractivity (Wildman–Crippen MR) is 184 cm³/mol. The summed E-state index contributed by atoms with van der Waals surface area (Å²) in [4.78, 5) is 46.0.